The molecule has 0 spiro atoms. The number of pyridine rings is 1. The van der Waals surface area contributed by atoms with E-state index in [0.717, 1.165) is 11.3 Å². The average molecular weight is 642 g/mol. The lowest BCUT2D eigenvalue weighted by molar-refractivity contribution is -0.183. The molecule has 0 aromatic carbocycles. The lowest BCUT2D eigenvalue weighted by Gasteiger charge is -2.41. The molecule has 45 heavy (non-hydrogen) atoms. The van der Waals surface area contributed by atoms with Crippen LogP contribution in [0.5, 0.6) is 0 Å². The highest BCUT2D eigenvalue weighted by Gasteiger charge is 2.61. The summed E-state index contributed by atoms with van der Waals surface area (Å²) in [6.07, 6.45) is 7.44. The summed E-state index contributed by atoms with van der Waals surface area (Å²) in [6.45, 7) is 13.2. The first-order valence-electron chi connectivity index (χ1n) is 15.8. The zero-order valence-corrected chi connectivity index (χ0v) is 28.5. The van der Waals surface area contributed by atoms with Crippen LogP contribution in [-0.2, 0) is 39.9 Å². The van der Waals surface area contributed by atoms with E-state index in [0.29, 0.717) is 31.6 Å². The molecule has 2 aliphatic heterocycles. The van der Waals surface area contributed by atoms with Crippen molar-refractivity contribution < 1.29 is 33.4 Å². The summed E-state index contributed by atoms with van der Waals surface area (Å²) in [5.41, 5.74) is -0.310. The fourth-order valence-corrected chi connectivity index (χ4v) is 8.66. The number of carbonyl (C=O) groups excluding carboxylic acids is 4. The fourth-order valence-electron chi connectivity index (χ4n) is 7.19. The molecule has 2 aromatic heterocycles. The molecule has 2 fully saturated rings. The van der Waals surface area contributed by atoms with Gasteiger partial charge in [-0.15, -0.1) is 11.8 Å². The van der Waals surface area contributed by atoms with Gasteiger partial charge in [-0.1, -0.05) is 27.7 Å². The van der Waals surface area contributed by atoms with Crippen molar-refractivity contribution in [1.82, 2.24) is 14.5 Å². The van der Waals surface area contributed by atoms with Crippen molar-refractivity contribution in [2.75, 3.05) is 12.9 Å². The van der Waals surface area contributed by atoms with Crippen LogP contribution >= 0.6 is 11.8 Å². The first kappa shape index (κ1) is 34.8. The molecule has 0 amide bonds. The zero-order chi connectivity index (χ0) is 33.1. The Hall–Kier alpha value is -3.05. The number of thioether (sulfide) groups is 1. The van der Waals surface area contributed by atoms with Gasteiger partial charge in [-0.05, 0) is 52.2 Å². The minimum absolute atomic E-state index is 0.0142. The van der Waals surface area contributed by atoms with Gasteiger partial charge in [0.25, 0.3) is 0 Å². The van der Waals surface area contributed by atoms with E-state index in [4.69, 9.17) is 14.2 Å². The van der Waals surface area contributed by atoms with Crippen molar-refractivity contribution in [1.29, 1.82) is 0 Å². The van der Waals surface area contributed by atoms with Gasteiger partial charge >= 0.3 is 11.9 Å². The molecule has 9 unspecified atom stereocenters. The summed E-state index contributed by atoms with van der Waals surface area (Å²) in [5, 5.41) is -0.656. The number of cyclic esters (lactones) is 1. The van der Waals surface area contributed by atoms with E-state index in [-0.39, 0.29) is 11.6 Å². The SMILES string of the molecule is CCC1OC(=O)C(C)C(=O)C(C)CC(C)(OC)CC(C)C(=O)C(C)C2C(SCCn3cnc(-c4cccnc4)c3)C(=O)OC12C. The van der Waals surface area contributed by atoms with Crippen LogP contribution in [0.3, 0.4) is 0 Å². The molecular weight excluding hydrogens is 594 g/mol. The Morgan fingerprint density at radius 3 is 2.36 bits per heavy atom. The fraction of sp³-hybridized carbons (Fsp3) is 0.647. The van der Waals surface area contributed by atoms with Gasteiger partial charge in [-0.25, -0.2) is 4.98 Å². The number of aromatic nitrogens is 3. The molecule has 10 nitrogen and oxygen atoms in total. The zero-order valence-electron chi connectivity index (χ0n) is 27.6. The topological polar surface area (TPSA) is 127 Å². The molecule has 4 heterocycles. The van der Waals surface area contributed by atoms with Gasteiger partial charge in [0.15, 0.2) is 5.60 Å². The molecule has 0 radical (unpaired) electrons. The number of rotatable bonds is 7. The lowest BCUT2D eigenvalue weighted by Crippen LogP contribution is -2.53. The molecule has 11 heteroatoms. The minimum atomic E-state index is -1.26. The second kappa shape index (κ2) is 14.2. The number of nitrogens with zero attached hydrogens (tertiary/aromatic N) is 3. The molecule has 2 aromatic rings. The van der Waals surface area contributed by atoms with Crippen molar-refractivity contribution in [2.45, 2.75) is 96.8 Å². The van der Waals surface area contributed by atoms with Crippen LogP contribution in [0.4, 0.5) is 0 Å². The Morgan fingerprint density at radius 1 is 1.04 bits per heavy atom. The molecule has 2 saturated heterocycles. The maximum atomic E-state index is 14.1. The number of aryl methyl sites for hydroxylation is 1. The van der Waals surface area contributed by atoms with Gasteiger partial charge in [0.05, 0.1) is 17.6 Å². The molecule has 0 saturated carbocycles. The van der Waals surface area contributed by atoms with Gasteiger partial charge in [-0.3, -0.25) is 24.2 Å². The van der Waals surface area contributed by atoms with E-state index < -0.39 is 64.1 Å². The summed E-state index contributed by atoms with van der Waals surface area (Å²) in [6, 6.07) is 3.80. The van der Waals surface area contributed by atoms with Crippen LogP contribution in [0.1, 0.15) is 67.7 Å². The quantitative estimate of drug-likeness (QED) is 0.295. The number of fused-ring (bicyclic) bond motifs is 1. The normalized spacial score (nSPS) is 35.0. The highest BCUT2D eigenvalue weighted by atomic mass is 32.2. The smallest absolute Gasteiger partial charge is 0.320 e. The van der Waals surface area contributed by atoms with E-state index in [2.05, 4.69) is 9.97 Å². The predicted octanol–water partition coefficient (Wildman–Crippen LogP) is 5.18. The third-order valence-electron chi connectivity index (χ3n) is 9.75. The number of ketones is 2. The summed E-state index contributed by atoms with van der Waals surface area (Å²) in [7, 11) is 1.58. The van der Waals surface area contributed by atoms with Crippen molar-refractivity contribution in [3.63, 3.8) is 0 Å². The maximum Gasteiger partial charge on any atom is 0.320 e. The predicted molar refractivity (Wildman–Crippen MR) is 171 cm³/mol. The number of Topliss-reactive ketones (excluding diaryl/α,β-unsaturated/α-hetero) is 2. The third kappa shape index (κ3) is 7.35. The summed E-state index contributed by atoms with van der Waals surface area (Å²) >= 11 is 1.44. The van der Waals surface area contributed by atoms with Crippen LogP contribution in [0.15, 0.2) is 37.1 Å². The van der Waals surface area contributed by atoms with Gasteiger partial charge in [0, 0.05) is 67.2 Å². The van der Waals surface area contributed by atoms with Crippen LogP contribution in [0, 0.1) is 29.6 Å². The van der Waals surface area contributed by atoms with Gasteiger partial charge in [0.2, 0.25) is 0 Å². The highest BCUT2D eigenvalue weighted by molar-refractivity contribution is 8.00. The molecule has 4 rings (SSSR count). The number of ether oxygens (including phenoxy) is 3. The summed E-state index contributed by atoms with van der Waals surface area (Å²) in [5.74, 6) is -3.81. The van der Waals surface area contributed by atoms with Crippen LogP contribution in [0.25, 0.3) is 11.3 Å². The molecular formula is C34H47N3O7S. The molecule has 0 bridgehead atoms. The molecule has 0 aliphatic carbocycles. The molecule has 246 valence electrons. The van der Waals surface area contributed by atoms with Gasteiger partial charge in [-0.2, -0.15) is 0 Å². The lowest BCUT2D eigenvalue weighted by atomic mass is 9.70. The van der Waals surface area contributed by atoms with Gasteiger partial charge in [0.1, 0.15) is 28.8 Å². The Labute approximate surface area is 270 Å². The van der Waals surface area contributed by atoms with Crippen LogP contribution in [-0.4, -0.2) is 73.5 Å². The van der Waals surface area contributed by atoms with E-state index in [1.165, 1.54) is 11.8 Å². The number of hydrogen-bond donors (Lipinski definition) is 0. The Bertz CT molecular complexity index is 1380. The van der Waals surface area contributed by atoms with E-state index in [9.17, 15) is 19.2 Å². The monoisotopic (exact) mass is 641 g/mol. The molecule has 9 atom stereocenters. The Kier molecular flexibility index (Phi) is 11.0. The second-order valence-electron chi connectivity index (χ2n) is 13.2. The Balaban J connectivity index is 1.63. The summed E-state index contributed by atoms with van der Waals surface area (Å²) < 4.78 is 19.9. The van der Waals surface area contributed by atoms with Crippen molar-refractivity contribution in [2.24, 2.45) is 29.6 Å². The average Bonchev–Trinajstić information content (AvgIpc) is 3.60. The van der Waals surface area contributed by atoms with Gasteiger partial charge < -0.3 is 18.8 Å². The number of hydrogen-bond acceptors (Lipinski definition) is 10. The standard InChI is InChI=1S/C34H47N3O7S/c1-9-26-34(7)27(30(32(41)44-34)45-14-13-37-18-25(36-19-37)24-11-10-12-35-17-24)22(4)28(38)20(2)15-33(6,42-8)16-21(3)29(39)23(5)31(40)43-26/h10-12,17-23,26-27,30H,9,13-16H2,1-8H3. The Morgan fingerprint density at radius 2 is 1.73 bits per heavy atom. The van der Waals surface area contributed by atoms with Crippen molar-refractivity contribution in [3.8, 4) is 11.3 Å². The number of esters is 2. The van der Waals surface area contributed by atoms with E-state index in [1.807, 2.05) is 50.6 Å². The number of imidazole rings is 1. The van der Waals surface area contributed by atoms with Crippen molar-refractivity contribution >= 4 is 35.3 Å². The number of methoxy groups -OCH3 is 1. The number of carbonyl (C=O) groups is 4. The molecule has 0 N–H and O–H groups in total. The van der Waals surface area contributed by atoms with Crippen LogP contribution in [0.2, 0.25) is 0 Å². The third-order valence-corrected chi connectivity index (χ3v) is 11.0. The second-order valence-corrected chi connectivity index (χ2v) is 14.4. The molecule has 2 aliphatic rings. The van der Waals surface area contributed by atoms with Crippen LogP contribution < -0.4 is 0 Å². The first-order chi connectivity index (χ1) is 21.2. The highest BCUT2D eigenvalue weighted by Crippen LogP contribution is 2.48. The van der Waals surface area contributed by atoms with E-state index >= 15 is 0 Å². The largest absolute Gasteiger partial charge is 0.458 e. The van der Waals surface area contributed by atoms with E-state index in [1.54, 1.807) is 46.6 Å². The minimum Gasteiger partial charge on any atom is -0.458 e. The first-order valence-corrected chi connectivity index (χ1v) is 16.9. The summed E-state index contributed by atoms with van der Waals surface area (Å²) in [4.78, 5) is 63.1. The van der Waals surface area contributed by atoms with Crippen molar-refractivity contribution in [3.05, 3.63) is 37.1 Å². The maximum absolute atomic E-state index is 14.1.